The first-order valence-electron chi connectivity index (χ1n) is 6.38. The molecule has 1 N–H and O–H groups in total. The van der Waals surface area contributed by atoms with Crippen molar-refractivity contribution in [1.29, 1.82) is 0 Å². The lowest BCUT2D eigenvalue weighted by molar-refractivity contribution is -0.387. The van der Waals surface area contributed by atoms with E-state index in [0.717, 1.165) is 22.2 Å². The number of amides is 1. The zero-order valence-corrected chi connectivity index (χ0v) is 13.1. The Bertz CT molecular complexity index is 719. The summed E-state index contributed by atoms with van der Waals surface area (Å²) >= 11 is 3.32. The molecule has 0 radical (unpaired) electrons. The highest BCUT2D eigenvalue weighted by molar-refractivity contribution is 9.10. The Labute approximate surface area is 134 Å². The second-order valence-electron chi connectivity index (χ2n) is 4.67. The van der Waals surface area contributed by atoms with Gasteiger partial charge in [-0.2, -0.15) is 4.39 Å². The minimum atomic E-state index is -0.970. The molecule has 0 heterocycles. The van der Waals surface area contributed by atoms with Crippen molar-refractivity contribution >= 4 is 27.5 Å². The Morgan fingerprint density at radius 2 is 1.91 bits per heavy atom. The fraction of sp³-hybridized carbons (Fsp3) is 0.133. The van der Waals surface area contributed by atoms with E-state index in [4.69, 9.17) is 0 Å². The first-order chi connectivity index (χ1) is 10.4. The largest absolute Gasteiger partial charge is 0.346 e. The van der Waals surface area contributed by atoms with Gasteiger partial charge in [-0.15, -0.1) is 0 Å². The van der Waals surface area contributed by atoms with Crippen LogP contribution in [0.15, 0.2) is 46.9 Å². The lowest BCUT2D eigenvalue weighted by atomic mass is 10.1. The van der Waals surface area contributed by atoms with Crippen molar-refractivity contribution in [2.24, 2.45) is 0 Å². The molecule has 0 aliphatic carbocycles. The van der Waals surface area contributed by atoms with Gasteiger partial charge in [0.05, 0.1) is 11.0 Å². The zero-order valence-electron chi connectivity index (χ0n) is 11.5. The SMILES string of the molecule is C[C@@H](NC(=O)c1ccc(F)c([N+](=O)[O-])c1)c1ccc(Br)cc1. The van der Waals surface area contributed by atoms with Crippen LogP contribution >= 0.6 is 15.9 Å². The summed E-state index contributed by atoms with van der Waals surface area (Å²) < 4.78 is 14.2. The van der Waals surface area contributed by atoms with E-state index in [1.165, 1.54) is 6.07 Å². The topological polar surface area (TPSA) is 72.2 Å². The molecule has 2 rings (SSSR count). The molecule has 0 spiro atoms. The van der Waals surface area contributed by atoms with Gasteiger partial charge in [-0.25, -0.2) is 0 Å². The van der Waals surface area contributed by atoms with E-state index < -0.39 is 22.3 Å². The molecule has 0 saturated heterocycles. The molecule has 1 amide bonds. The molecular weight excluding hydrogens is 355 g/mol. The summed E-state index contributed by atoms with van der Waals surface area (Å²) in [6.07, 6.45) is 0. The Morgan fingerprint density at radius 1 is 1.27 bits per heavy atom. The molecule has 0 fully saturated rings. The van der Waals surface area contributed by atoms with Crippen molar-refractivity contribution in [3.05, 3.63) is 74.0 Å². The highest BCUT2D eigenvalue weighted by atomic mass is 79.9. The number of nitro benzene ring substituents is 1. The van der Waals surface area contributed by atoms with E-state index in [1.54, 1.807) is 6.92 Å². The molecule has 5 nitrogen and oxygen atoms in total. The van der Waals surface area contributed by atoms with Crippen LogP contribution in [0.4, 0.5) is 10.1 Å². The van der Waals surface area contributed by atoms with Gasteiger partial charge in [-0.3, -0.25) is 14.9 Å². The van der Waals surface area contributed by atoms with Crippen LogP contribution in [0.5, 0.6) is 0 Å². The molecule has 0 aliphatic rings. The van der Waals surface area contributed by atoms with E-state index in [2.05, 4.69) is 21.2 Å². The van der Waals surface area contributed by atoms with Crippen LogP contribution in [0, 0.1) is 15.9 Å². The summed E-state index contributed by atoms with van der Waals surface area (Å²) in [6.45, 7) is 1.79. The van der Waals surface area contributed by atoms with Gasteiger partial charge in [0.2, 0.25) is 5.82 Å². The fourth-order valence-corrected chi connectivity index (χ4v) is 2.17. The zero-order chi connectivity index (χ0) is 16.3. The van der Waals surface area contributed by atoms with Crippen molar-refractivity contribution in [1.82, 2.24) is 5.32 Å². The third-order valence-electron chi connectivity index (χ3n) is 3.12. The number of carbonyl (C=O) groups is 1. The Balaban J connectivity index is 2.16. The van der Waals surface area contributed by atoms with Crippen LogP contribution in [0.3, 0.4) is 0 Å². The second kappa shape index (κ2) is 6.65. The average Bonchev–Trinajstić information content (AvgIpc) is 2.47. The number of nitrogens with one attached hydrogen (secondary N) is 1. The standard InChI is InChI=1S/C15H12BrFN2O3/c1-9(10-2-5-12(16)6-3-10)18-15(20)11-4-7-13(17)14(8-11)19(21)22/h2-9H,1H3,(H,18,20)/t9-/m1/s1. The molecule has 22 heavy (non-hydrogen) atoms. The number of halogens is 2. The summed E-state index contributed by atoms with van der Waals surface area (Å²) in [6, 6.07) is 10.2. The molecule has 0 saturated carbocycles. The molecular formula is C15H12BrFN2O3. The summed E-state index contributed by atoms with van der Waals surface area (Å²) in [7, 11) is 0. The van der Waals surface area contributed by atoms with Crippen molar-refractivity contribution in [2.45, 2.75) is 13.0 Å². The van der Waals surface area contributed by atoms with Gasteiger partial charge in [-0.05, 0) is 36.8 Å². The highest BCUT2D eigenvalue weighted by Gasteiger charge is 2.18. The van der Waals surface area contributed by atoms with Crippen LogP contribution in [0.25, 0.3) is 0 Å². The predicted octanol–water partition coefficient (Wildman–Crippen LogP) is 3.99. The fourth-order valence-electron chi connectivity index (χ4n) is 1.91. The minimum absolute atomic E-state index is 0.0389. The van der Waals surface area contributed by atoms with Crippen molar-refractivity contribution < 1.29 is 14.1 Å². The number of hydrogen-bond acceptors (Lipinski definition) is 3. The van der Waals surface area contributed by atoms with Gasteiger partial charge in [0.1, 0.15) is 0 Å². The van der Waals surface area contributed by atoms with Gasteiger partial charge < -0.3 is 5.32 Å². The first kappa shape index (κ1) is 16.1. The third-order valence-corrected chi connectivity index (χ3v) is 3.65. The molecule has 1 atom stereocenters. The predicted molar refractivity (Wildman–Crippen MR) is 83.1 cm³/mol. The summed E-state index contributed by atoms with van der Waals surface area (Å²) in [5.74, 6) is -1.47. The van der Waals surface area contributed by atoms with Gasteiger partial charge in [-0.1, -0.05) is 28.1 Å². The normalized spacial score (nSPS) is 11.8. The molecule has 114 valence electrons. The van der Waals surface area contributed by atoms with E-state index in [-0.39, 0.29) is 11.6 Å². The summed E-state index contributed by atoms with van der Waals surface area (Å²) in [5.41, 5.74) is 0.203. The van der Waals surface area contributed by atoms with Crippen molar-refractivity contribution in [2.75, 3.05) is 0 Å². The molecule has 0 unspecified atom stereocenters. The number of benzene rings is 2. The molecule has 0 bridgehead atoms. The molecule has 7 heteroatoms. The van der Waals surface area contributed by atoms with Crippen LogP contribution < -0.4 is 5.32 Å². The number of nitro groups is 1. The average molecular weight is 367 g/mol. The summed E-state index contributed by atoms with van der Waals surface area (Å²) in [4.78, 5) is 22.0. The smallest absolute Gasteiger partial charge is 0.305 e. The number of nitrogens with zero attached hydrogens (tertiary/aromatic N) is 1. The number of carbonyl (C=O) groups excluding carboxylic acids is 1. The monoisotopic (exact) mass is 366 g/mol. The Morgan fingerprint density at radius 3 is 2.50 bits per heavy atom. The van der Waals surface area contributed by atoms with Crippen LogP contribution in [0.1, 0.15) is 28.9 Å². The lowest BCUT2D eigenvalue weighted by Crippen LogP contribution is -2.26. The lowest BCUT2D eigenvalue weighted by Gasteiger charge is -2.14. The van der Waals surface area contributed by atoms with Gasteiger partial charge in [0.15, 0.2) is 0 Å². The molecule has 2 aromatic carbocycles. The molecule has 0 aliphatic heterocycles. The van der Waals surface area contributed by atoms with Gasteiger partial charge in [0.25, 0.3) is 5.91 Å². The molecule has 0 aromatic heterocycles. The van der Waals surface area contributed by atoms with Crippen LogP contribution in [-0.4, -0.2) is 10.8 Å². The second-order valence-corrected chi connectivity index (χ2v) is 5.59. The Hall–Kier alpha value is -2.28. The van der Waals surface area contributed by atoms with Crippen LogP contribution in [-0.2, 0) is 0 Å². The first-order valence-corrected chi connectivity index (χ1v) is 7.18. The third kappa shape index (κ3) is 3.67. The van der Waals surface area contributed by atoms with Crippen molar-refractivity contribution in [3.8, 4) is 0 Å². The van der Waals surface area contributed by atoms with E-state index in [0.29, 0.717) is 0 Å². The summed E-state index contributed by atoms with van der Waals surface area (Å²) in [5, 5.41) is 13.4. The quantitative estimate of drug-likeness (QED) is 0.656. The number of rotatable bonds is 4. The maximum atomic E-state index is 13.3. The number of hydrogen-bond donors (Lipinski definition) is 1. The van der Waals surface area contributed by atoms with E-state index in [1.807, 2.05) is 24.3 Å². The van der Waals surface area contributed by atoms with Gasteiger partial charge >= 0.3 is 5.69 Å². The molecule has 2 aromatic rings. The van der Waals surface area contributed by atoms with Crippen LogP contribution in [0.2, 0.25) is 0 Å². The maximum absolute atomic E-state index is 13.3. The van der Waals surface area contributed by atoms with E-state index in [9.17, 15) is 19.3 Å². The minimum Gasteiger partial charge on any atom is -0.346 e. The van der Waals surface area contributed by atoms with E-state index >= 15 is 0 Å². The van der Waals surface area contributed by atoms with Gasteiger partial charge in [0, 0.05) is 16.1 Å². The Kier molecular flexibility index (Phi) is 4.87. The highest BCUT2D eigenvalue weighted by Crippen LogP contribution is 2.20. The maximum Gasteiger partial charge on any atom is 0.305 e. The van der Waals surface area contributed by atoms with Crippen molar-refractivity contribution in [3.63, 3.8) is 0 Å².